The molecule has 0 saturated heterocycles. The Morgan fingerprint density at radius 1 is 0.348 bits per heavy atom. The molecule has 0 nitrogen and oxygen atoms in total. The van der Waals surface area contributed by atoms with Crippen molar-refractivity contribution in [3.63, 3.8) is 0 Å². The summed E-state index contributed by atoms with van der Waals surface area (Å²) < 4.78 is -0.0979. The molecule has 3 aromatic rings. The van der Waals surface area contributed by atoms with Gasteiger partial charge in [-0.25, -0.2) is 0 Å². The zero-order valence-corrected chi connectivity index (χ0v) is 48.3. The van der Waals surface area contributed by atoms with Crippen LogP contribution in [0.15, 0.2) is 78.4 Å². The number of unbranched alkanes of at least 4 members (excludes halogenated alkanes) is 18. The predicted octanol–water partition coefficient (Wildman–Crippen LogP) is 8.06. The minimum Gasteiger partial charge on any atom is -1.00 e. The fraction of sp³-hybridized carbons (Fsp3) is 0.639. The molecule has 3 aromatic carbocycles. The Morgan fingerprint density at radius 2 is 0.591 bits per heavy atom. The van der Waals surface area contributed by atoms with Crippen LogP contribution in [-0.2, 0) is 59.0 Å². The molecule has 0 heterocycles. The first-order valence-corrected chi connectivity index (χ1v) is 30.1. The van der Waals surface area contributed by atoms with Gasteiger partial charge in [0.1, 0.15) is 0 Å². The van der Waals surface area contributed by atoms with E-state index in [-0.39, 0.29) is 40.6 Å². The van der Waals surface area contributed by atoms with Crippen molar-refractivity contribution in [3.8, 4) is 0 Å². The smallest absolute Gasteiger partial charge is 1.00 e. The van der Waals surface area contributed by atoms with Crippen LogP contribution in [0.2, 0.25) is 3.34 Å². The van der Waals surface area contributed by atoms with Crippen LogP contribution in [0.1, 0.15) is 242 Å². The van der Waals surface area contributed by atoms with E-state index in [1.165, 1.54) is 198 Å². The SMILES string of the molecule is CCCCCCc1cc(CCCCCC)cc([Si](c2cc(CCCCCC)cc(CCCCCC)c2)(c2cc(CCCCCC)cc(CCCCCC)c2)[C]2([Ti+3])C=CC(CC)=C2)c1.[Cl-].[Cl-].[Cl-]. The van der Waals surface area contributed by atoms with E-state index in [0.717, 1.165) is 6.42 Å². The van der Waals surface area contributed by atoms with E-state index in [1.54, 1.807) is 48.9 Å². The van der Waals surface area contributed by atoms with Crippen LogP contribution in [0.25, 0.3) is 0 Å². The van der Waals surface area contributed by atoms with Crippen LogP contribution in [0.5, 0.6) is 0 Å². The average Bonchev–Trinajstić information content (AvgIpc) is 3.69. The van der Waals surface area contributed by atoms with Crippen LogP contribution < -0.4 is 52.8 Å². The second-order valence-corrected chi connectivity index (χ2v) is 26.1. The van der Waals surface area contributed by atoms with Crippen molar-refractivity contribution >= 4 is 23.6 Å². The summed E-state index contributed by atoms with van der Waals surface area (Å²) >= 11 is 2.69. The van der Waals surface area contributed by atoms with Gasteiger partial charge >= 0.3 is 407 Å². The van der Waals surface area contributed by atoms with E-state index in [1.807, 2.05) is 0 Å². The first-order chi connectivity index (χ1) is 30.8. The predicted molar refractivity (Wildman–Crippen MR) is 281 cm³/mol. The van der Waals surface area contributed by atoms with Crippen molar-refractivity contribution in [2.75, 3.05) is 0 Å². The molecule has 1 unspecified atom stereocenters. The maximum atomic E-state index is 2.80. The van der Waals surface area contributed by atoms with Crippen molar-refractivity contribution < 1.29 is 57.7 Å². The van der Waals surface area contributed by atoms with Crippen LogP contribution in [-0.4, -0.2) is 8.07 Å². The molecule has 1 aliphatic rings. The number of hydrogen-bond donors (Lipinski definition) is 0. The Balaban J connectivity index is 0.00000726. The van der Waals surface area contributed by atoms with Crippen LogP contribution in [0.4, 0.5) is 0 Å². The topological polar surface area (TPSA) is 0 Å². The van der Waals surface area contributed by atoms with E-state index in [2.05, 4.69) is 142 Å². The molecule has 0 saturated carbocycles. The Morgan fingerprint density at radius 3 is 0.788 bits per heavy atom. The fourth-order valence-electron chi connectivity index (χ4n) is 10.6. The molecule has 1 atom stereocenters. The molecule has 0 bridgehead atoms. The van der Waals surface area contributed by atoms with Gasteiger partial charge < -0.3 is 37.2 Å². The Kier molecular flexibility index (Phi) is 34.3. The van der Waals surface area contributed by atoms with Gasteiger partial charge in [0.2, 0.25) is 0 Å². The van der Waals surface area contributed by atoms with Crippen molar-refractivity contribution in [3.05, 3.63) is 112 Å². The number of aryl methyl sites for hydroxylation is 6. The van der Waals surface area contributed by atoms with Gasteiger partial charge in [0.05, 0.1) is 0 Å². The standard InChI is InChI=1S/C61H95Si.3ClH.Ti/c1-8-15-21-27-33-52-41-53(34-28-22-16-9-2)46-59(45-52)62(58-40-39-51(14-7)44-58,60-47-54(35-29-23-17-10-3)42-55(48-60)36-30-24-18-11-4)61-49-56(37-31-25-19-12-5)43-57(50-61)38-32-26-20-13-6;;;;/h39-50H,8-38H2,1-7H3;3*1H;/q;;;;+3/p-3. The summed E-state index contributed by atoms with van der Waals surface area (Å²) in [5.41, 5.74) is 11.1. The molecule has 4 rings (SSSR count). The molecule has 0 N–H and O–H groups in total. The summed E-state index contributed by atoms with van der Waals surface area (Å²) in [6.45, 7) is 16.5. The first-order valence-electron chi connectivity index (χ1n) is 27.4. The maximum Gasteiger partial charge on any atom is -1.00 e. The van der Waals surface area contributed by atoms with E-state index in [4.69, 9.17) is 0 Å². The van der Waals surface area contributed by atoms with Gasteiger partial charge in [-0.2, -0.15) is 0 Å². The zero-order chi connectivity index (χ0) is 45.2. The summed E-state index contributed by atoms with van der Waals surface area (Å²) in [6, 6.07) is 24.8. The van der Waals surface area contributed by atoms with Crippen LogP contribution in [0.3, 0.4) is 0 Å². The third kappa shape index (κ3) is 19.6. The normalized spacial score (nSPS) is 14.5. The summed E-state index contributed by atoms with van der Waals surface area (Å²) in [6.07, 6.45) is 47.9. The van der Waals surface area contributed by atoms with E-state index in [9.17, 15) is 0 Å². The van der Waals surface area contributed by atoms with E-state index >= 15 is 0 Å². The number of hydrogen-bond acceptors (Lipinski definition) is 0. The second kappa shape index (κ2) is 36.0. The minimum absolute atomic E-state index is 0. The molecule has 5 heteroatoms. The molecule has 368 valence electrons. The Labute approximate surface area is 440 Å². The van der Waals surface area contributed by atoms with Gasteiger partial charge in [0, 0.05) is 0 Å². The summed E-state index contributed by atoms with van der Waals surface area (Å²) in [4.78, 5) is 0. The van der Waals surface area contributed by atoms with Gasteiger partial charge in [0.15, 0.2) is 0 Å². The van der Waals surface area contributed by atoms with Crippen LogP contribution >= 0.6 is 0 Å². The fourth-order valence-corrected chi connectivity index (χ4v) is 18.7. The summed E-state index contributed by atoms with van der Waals surface area (Å²) in [5.74, 6) is 0. The number of rotatable bonds is 35. The van der Waals surface area contributed by atoms with Crippen molar-refractivity contribution in [2.24, 2.45) is 0 Å². The maximum absolute atomic E-state index is 2.85. The van der Waals surface area contributed by atoms with E-state index in [0.29, 0.717) is 0 Å². The summed E-state index contributed by atoms with van der Waals surface area (Å²) in [5, 5.41) is 5.05. The molecule has 0 aliphatic heterocycles. The van der Waals surface area contributed by atoms with Crippen molar-refractivity contribution in [1.82, 2.24) is 0 Å². The molecular weight excluding hydrogens is 915 g/mol. The second-order valence-electron chi connectivity index (χ2n) is 20.0. The third-order valence-corrected chi connectivity index (χ3v) is 21.6. The van der Waals surface area contributed by atoms with Gasteiger partial charge in [-0.3, -0.25) is 0 Å². The number of halogens is 3. The number of benzene rings is 3. The van der Waals surface area contributed by atoms with Crippen molar-refractivity contribution in [1.29, 1.82) is 0 Å². The third-order valence-electron chi connectivity index (χ3n) is 14.4. The Hall–Kier alpha value is -1.06. The van der Waals surface area contributed by atoms with Gasteiger partial charge in [0.25, 0.3) is 0 Å². The molecule has 0 aromatic heterocycles. The van der Waals surface area contributed by atoms with E-state index < -0.39 is 8.07 Å². The van der Waals surface area contributed by atoms with Crippen LogP contribution in [0, 0.1) is 0 Å². The molecule has 0 radical (unpaired) electrons. The zero-order valence-electron chi connectivity index (χ0n) is 43.5. The molecule has 66 heavy (non-hydrogen) atoms. The Bertz CT molecular complexity index is 1530. The number of allylic oxidation sites excluding steroid dienone is 4. The quantitative estimate of drug-likeness (QED) is 0.0318. The molecular formula is C61H95Cl3SiTi. The molecule has 1 aliphatic carbocycles. The van der Waals surface area contributed by atoms with Gasteiger partial charge in [-0.15, -0.1) is 0 Å². The molecule has 0 fully saturated rings. The molecule has 0 spiro atoms. The van der Waals surface area contributed by atoms with Crippen molar-refractivity contribution in [2.45, 2.75) is 251 Å². The monoisotopic (exact) mass is 1010 g/mol. The van der Waals surface area contributed by atoms with Gasteiger partial charge in [-0.1, -0.05) is 0 Å². The largest absolute Gasteiger partial charge is 1.00 e. The average molecular weight is 1010 g/mol. The van der Waals surface area contributed by atoms with Gasteiger partial charge in [-0.05, 0) is 0 Å². The summed E-state index contributed by atoms with van der Waals surface area (Å²) in [7, 11) is -2.85. The minimum atomic E-state index is -2.85. The molecule has 0 amide bonds. The first kappa shape index (κ1) is 63.0.